The van der Waals surface area contributed by atoms with Gasteiger partial charge in [-0.2, -0.15) is 0 Å². The average molecular weight is 426 g/mol. The van der Waals surface area contributed by atoms with Crippen LogP contribution in [0.15, 0.2) is 103 Å². The van der Waals surface area contributed by atoms with E-state index < -0.39 is 0 Å². The second kappa shape index (κ2) is 7.00. The van der Waals surface area contributed by atoms with Crippen molar-refractivity contribution in [3.63, 3.8) is 0 Å². The van der Waals surface area contributed by atoms with Gasteiger partial charge in [0.05, 0.1) is 5.56 Å². The third kappa shape index (κ3) is 2.76. The van der Waals surface area contributed by atoms with Gasteiger partial charge >= 0.3 is 0 Å². The van der Waals surface area contributed by atoms with Gasteiger partial charge < -0.3 is 4.74 Å². The van der Waals surface area contributed by atoms with Crippen molar-refractivity contribution in [1.82, 2.24) is 19.6 Å². The van der Waals surface area contributed by atoms with E-state index in [-0.39, 0.29) is 5.92 Å². The molecule has 5 nitrogen and oxygen atoms in total. The van der Waals surface area contributed by atoms with Crippen molar-refractivity contribution in [2.75, 3.05) is 0 Å². The molecule has 33 heavy (non-hydrogen) atoms. The zero-order valence-electron chi connectivity index (χ0n) is 17.6. The number of hydrogen-bond acceptors (Lipinski definition) is 4. The van der Waals surface area contributed by atoms with Gasteiger partial charge in [0.25, 0.3) is 0 Å². The van der Waals surface area contributed by atoms with E-state index in [1.165, 1.54) is 16.3 Å². The molecule has 0 radical (unpaired) electrons. The maximum Gasteiger partial charge on any atom is 0.228 e. The molecule has 5 heteroatoms. The maximum atomic E-state index is 6.37. The molecular formula is C28H18N4O. The van der Waals surface area contributed by atoms with Crippen LogP contribution in [0, 0.1) is 0 Å². The monoisotopic (exact) mass is 426 g/mol. The molecule has 4 aromatic carbocycles. The van der Waals surface area contributed by atoms with E-state index >= 15 is 0 Å². The van der Waals surface area contributed by atoms with Crippen LogP contribution >= 0.6 is 0 Å². The first-order valence-electron chi connectivity index (χ1n) is 10.9. The van der Waals surface area contributed by atoms with E-state index in [0.717, 1.165) is 28.1 Å². The molecule has 0 N–H and O–H groups in total. The fourth-order valence-corrected chi connectivity index (χ4v) is 4.79. The van der Waals surface area contributed by atoms with Crippen molar-refractivity contribution in [3.05, 3.63) is 120 Å². The molecular weight excluding hydrogens is 408 g/mol. The molecule has 0 saturated carbocycles. The number of aromatic nitrogens is 4. The highest BCUT2D eigenvalue weighted by Gasteiger charge is 2.34. The number of rotatable bonds is 2. The Kier molecular flexibility index (Phi) is 3.84. The fourth-order valence-electron chi connectivity index (χ4n) is 4.79. The molecule has 156 valence electrons. The molecule has 3 heterocycles. The molecule has 0 spiro atoms. The number of nitrogens with zero attached hydrogens (tertiary/aromatic N) is 4. The van der Waals surface area contributed by atoms with Gasteiger partial charge in [-0.25, -0.2) is 14.5 Å². The summed E-state index contributed by atoms with van der Waals surface area (Å²) in [5, 5.41) is 7.07. The van der Waals surface area contributed by atoms with Gasteiger partial charge in [0.1, 0.15) is 12.1 Å². The van der Waals surface area contributed by atoms with Crippen molar-refractivity contribution >= 4 is 16.4 Å². The van der Waals surface area contributed by atoms with Crippen molar-refractivity contribution in [2.24, 2.45) is 0 Å². The second-order valence-corrected chi connectivity index (χ2v) is 8.18. The number of ether oxygens (including phenoxy) is 1. The minimum atomic E-state index is -0.0833. The standard InChI is InChI=1S/C28H18N4O/c1-3-10-19(11-4-1)23-24-21-14-8-7-9-18(21)15-16-22(24)33-28-25(23)27-30-26(31-32(27)17-29-28)20-12-5-2-6-13-20/h1-17,23H. The molecule has 7 rings (SSSR count). The maximum absolute atomic E-state index is 6.37. The Morgan fingerprint density at radius 1 is 0.727 bits per heavy atom. The predicted octanol–water partition coefficient (Wildman–Crippen LogP) is 6.23. The molecule has 0 amide bonds. The minimum Gasteiger partial charge on any atom is -0.438 e. The number of hydrogen-bond donors (Lipinski definition) is 0. The molecule has 1 aliphatic heterocycles. The van der Waals surface area contributed by atoms with Gasteiger partial charge in [-0.3, -0.25) is 0 Å². The quantitative estimate of drug-likeness (QED) is 0.329. The summed E-state index contributed by atoms with van der Waals surface area (Å²) in [6.45, 7) is 0. The van der Waals surface area contributed by atoms with Crippen LogP contribution in [0.5, 0.6) is 11.6 Å². The topological polar surface area (TPSA) is 52.3 Å². The lowest BCUT2D eigenvalue weighted by Crippen LogP contribution is -2.15. The lowest BCUT2D eigenvalue weighted by Gasteiger charge is -2.29. The predicted molar refractivity (Wildman–Crippen MR) is 128 cm³/mol. The lowest BCUT2D eigenvalue weighted by molar-refractivity contribution is 0.433. The first-order valence-corrected chi connectivity index (χ1v) is 10.9. The van der Waals surface area contributed by atoms with Crippen molar-refractivity contribution in [3.8, 4) is 23.0 Å². The van der Waals surface area contributed by atoms with Gasteiger partial charge in [0.15, 0.2) is 11.5 Å². The minimum absolute atomic E-state index is 0.0833. The van der Waals surface area contributed by atoms with E-state index in [9.17, 15) is 0 Å². The zero-order chi connectivity index (χ0) is 21.8. The van der Waals surface area contributed by atoms with E-state index in [1.807, 2.05) is 42.5 Å². The normalized spacial score (nSPS) is 14.6. The summed E-state index contributed by atoms with van der Waals surface area (Å²) in [4.78, 5) is 9.60. The van der Waals surface area contributed by atoms with Crippen molar-refractivity contribution in [1.29, 1.82) is 0 Å². The van der Waals surface area contributed by atoms with Crippen LogP contribution in [-0.4, -0.2) is 19.6 Å². The molecule has 1 atom stereocenters. The van der Waals surface area contributed by atoms with Gasteiger partial charge in [0, 0.05) is 17.0 Å². The Balaban J connectivity index is 1.55. The Bertz CT molecular complexity index is 1640. The average Bonchev–Trinajstić information content (AvgIpc) is 3.33. The number of benzene rings is 4. The molecule has 0 saturated heterocycles. The first kappa shape index (κ1) is 18.1. The Hall–Kier alpha value is -4.51. The third-order valence-electron chi connectivity index (χ3n) is 6.27. The van der Waals surface area contributed by atoms with Crippen LogP contribution in [0.25, 0.3) is 27.8 Å². The third-order valence-corrected chi connectivity index (χ3v) is 6.27. The Morgan fingerprint density at radius 2 is 1.48 bits per heavy atom. The SMILES string of the molecule is c1ccc(-c2nc3c4c(ncn3n2)Oc2ccc3ccccc3c2C4c2ccccc2)cc1. The lowest BCUT2D eigenvalue weighted by atomic mass is 9.81. The highest BCUT2D eigenvalue weighted by molar-refractivity contribution is 5.90. The Labute approximate surface area is 190 Å². The van der Waals surface area contributed by atoms with E-state index in [0.29, 0.717) is 11.7 Å². The van der Waals surface area contributed by atoms with E-state index in [4.69, 9.17) is 14.8 Å². The summed E-state index contributed by atoms with van der Waals surface area (Å²) >= 11 is 0. The molecule has 0 bridgehead atoms. The highest BCUT2D eigenvalue weighted by atomic mass is 16.5. The second-order valence-electron chi connectivity index (χ2n) is 8.18. The Morgan fingerprint density at radius 3 is 2.33 bits per heavy atom. The van der Waals surface area contributed by atoms with E-state index in [1.54, 1.807) is 10.8 Å². The van der Waals surface area contributed by atoms with E-state index in [2.05, 4.69) is 59.6 Å². The molecule has 1 aliphatic rings. The van der Waals surface area contributed by atoms with Crippen molar-refractivity contribution in [2.45, 2.75) is 5.92 Å². The number of fused-ring (bicyclic) bond motifs is 6. The van der Waals surface area contributed by atoms with Crippen LogP contribution in [0.4, 0.5) is 0 Å². The first-order chi connectivity index (χ1) is 16.4. The molecule has 0 aliphatic carbocycles. The molecule has 1 unspecified atom stereocenters. The van der Waals surface area contributed by atoms with Gasteiger partial charge in [0.2, 0.25) is 5.88 Å². The van der Waals surface area contributed by atoms with Crippen LogP contribution in [-0.2, 0) is 0 Å². The van der Waals surface area contributed by atoms with Crippen LogP contribution < -0.4 is 4.74 Å². The summed E-state index contributed by atoms with van der Waals surface area (Å²) in [5.41, 5.74) is 4.95. The summed E-state index contributed by atoms with van der Waals surface area (Å²) in [6.07, 6.45) is 1.68. The summed E-state index contributed by atoms with van der Waals surface area (Å²) < 4.78 is 8.13. The highest BCUT2D eigenvalue weighted by Crippen LogP contribution is 2.50. The largest absolute Gasteiger partial charge is 0.438 e. The summed E-state index contributed by atoms with van der Waals surface area (Å²) in [5.74, 6) is 1.99. The molecule has 2 aromatic heterocycles. The smallest absolute Gasteiger partial charge is 0.228 e. The van der Waals surface area contributed by atoms with Gasteiger partial charge in [-0.15, -0.1) is 5.10 Å². The van der Waals surface area contributed by atoms with Crippen molar-refractivity contribution < 1.29 is 4.74 Å². The van der Waals surface area contributed by atoms with Gasteiger partial charge in [-0.1, -0.05) is 91.0 Å². The molecule has 0 fully saturated rings. The molecule has 6 aromatic rings. The fraction of sp³-hybridized carbons (Fsp3) is 0.0357. The zero-order valence-corrected chi connectivity index (χ0v) is 17.6. The van der Waals surface area contributed by atoms with Crippen LogP contribution in [0.2, 0.25) is 0 Å². The van der Waals surface area contributed by atoms with Crippen LogP contribution in [0.1, 0.15) is 22.6 Å². The summed E-state index contributed by atoms with van der Waals surface area (Å²) in [7, 11) is 0. The summed E-state index contributed by atoms with van der Waals surface area (Å²) in [6, 6.07) is 33.1. The van der Waals surface area contributed by atoms with Crippen LogP contribution in [0.3, 0.4) is 0 Å². The van der Waals surface area contributed by atoms with Gasteiger partial charge in [-0.05, 0) is 22.4 Å².